The lowest BCUT2D eigenvalue weighted by Crippen LogP contribution is -2.48. The van der Waals surface area contributed by atoms with E-state index in [9.17, 15) is 18.3 Å². The zero-order valence-electron chi connectivity index (χ0n) is 17.4. The third-order valence-corrected chi connectivity index (χ3v) is 5.00. The highest BCUT2D eigenvalue weighted by Gasteiger charge is 2.58. The zero-order chi connectivity index (χ0) is 25.2. The van der Waals surface area contributed by atoms with E-state index >= 15 is 8.78 Å². The van der Waals surface area contributed by atoms with Gasteiger partial charge in [-0.3, -0.25) is 4.98 Å². The maximum atomic E-state index is 15.7. The SMILES string of the molecule is N#Cc1ccc(Oc2ccc(C(F)(F)C(O)(Cn3ncnn3)c3ccc(F)cc3F)nc2)c(F)c1. The van der Waals surface area contributed by atoms with Crippen molar-refractivity contribution in [3.63, 3.8) is 0 Å². The number of hydrogen-bond donors (Lipinski definition) is 1. The summed E-state index contributed by atoms with van der Waals surface area (Å²) < 4.78 is 78.6. The fraction of sp³-hybridized carbons (Fsp3) is 0.136. The number of ether oxygens (including phenoxy) is 1. The van der Waals surface area contributed by atoms with Crippen molar-refractivity contribution in [2.24, 2.45) is 0 Å². The van der Waals surface area contributed by atoms with Crippen LogP contribution < -0.4 is 4.74 Å². The molecule has 2 heterocycles. The van der Waals surface area contributed by atoms with Gasteiger partial charge in [0.05, 0.1) is 17.8 Å². The Morgan fingerprint density at radius 1 is 1.03 bits per heavy atom. The van der Waals surface area contributed by atoms with Crippen LogP contribution in [-0.2, 0) is 18.1 Å². The van der Waals surface area contributed by atoms with Gasteiger partial charge in [0.1, 0.15) is 29.6 Å². The number of aliphatic hydroxyl groups is 1. The van der Waals surface area contributed by atoms with Gasteiger partial charge >= 0.3 is 5.92 Å². The van der Waals surface area contributed by atoms with Crippen molar-refractivity contribution < 1.29 is 31.8 Å². The molecular formula is C22H13F5N6O2. The van der Waals surface area contributed by atoms with Gasteiger partial charge < -0.3 is 9.84 Å². The van der Waals surface area contributed by atoms with Gasteiger partial charge in [-0.25, -0.2) is 13.2 Å². The van der Waals surface area contributed by atoms with E-state index in [-0.39, 0.29) is 17.1 Å². The summed E-state index contributed by atoms with van der Waals surface area (Å²) in [6.45, 7) is -1.06. The third-order valence-electron chi connectivity index (χ3n) is 5.00. The summed E-state index contributed by atoms with van der Waals surface area (Å²) in [5.41, 5.74) is -5.20. The summed E-state index contributed by atoms with van der Waals surface area (Å²) >= 11 is 0. The minimum Gasteiger partial charge on any atom is -0.453 e. The molecule has 0 aliphatic rings. The highest BCUT2D eigenvalue weighted by molar-refractivity contribution is 5.39. The Morgan fingerprint density at radius 3 is 2.43 bits per heavy atom. The second-order valence-corrected chi connectivity index (χ2v) is 7.26. The predicted molar refractivity (Wildman–Crippen MR) is 107 cm³/mol. The molecule has 2 aromatic heterocycles. The Kier molecular flexibility index (Phi) is 6.14. The lowest BCUT2D eigenvalue weighted by molar-refractivity contribution is -0.209. The van der Waals surface area contributed by atoms with E-state index in [1.54, 1.807) is 6.07 Å². The second kappa shape index (κ2) is 9.07. The Hall–Kier alpha value is -4.44. The van der Waals surface area contributed by atoms with Crippen LogP contribution in [0, 0.1) is 28.8 Å². The first-order valence-corrected chi connectivity index (χ1v) is 9.74. The van der Waals surface area contributed by atoms with Crippen molar-refractivity contribution in [2.75, 3.05) is 0 Å². The van der Waals surface area contributed by atoms with Crippen LogP contribution in [0.4, 0.5) is 22.0 Å². The number of nitrogens with zero attached hydrogens (tertiary/aromatic N) is 6. The molecule has 8 nitrogen and oxygen atoms in total. The molecule has 4 aromatic rings. The van der Waals surface area contributed by atoms with Gasteiger partial charge in [-0.05, 0) is 47.7 Å². The number of halogens is 5. The minimum atomic E-state index is -4.27. The Morgan fingerprint density at radius 2 is 1.83 bits per heavy atom. The molecule has 13 heteroatoms. The standard InChI is InChI=1S/C22H13F5N6O2/c23-14-2-4-16(17(24)8-14)21(34,11-33-31-12-30-32-33)22(26,27)20-6-3-15(10-29-20)35-19-5-1-13(9-28)7-18(19)25/h1-8,10,12,34H,11H2. The Balaban J connectivity index is 1.69. The molecule has 1 atom stereocenters. The molecule has 0 amide bonds. The van der Waals surface area contributed by atoms with E-state index in [1.165, 1.54) is 12.1 Å². The molecule has 0 aliphatic heterocycles. The molecule has 0 saturated heterocycles. The minimum absolute atomic E-state index is 0.0529. The first kappa shape index (κ1) is 23.7. The summed E-state index contributed by atoms with van der Waals surface area (Å²) in [4.78, 5) is 4.22. The van der Waals surface area contributed by atoms with Crippen LogP contribution in [-0.4, -0.2) is 30.3 Å². The number of benzene rings is 2. The van der Waals surface area contributed by atoms with Crippen molar-refractivity contribution in [3.05, 3.63) is 95.3 Å². The molecular weight excluding hydrogens is 475 g/mol. The summed E-state index contributed by atoms with van der Waals surface area (Å²) in [5.74, 6) is -8.01. The lowest BCUT2D eigenvalue weighted by Gasteiger charge is -2.35. The molecule has 0 fully saturated rings. The molecule has 35 heavy (non-hydrogen) atoms. The van der Waals surface area contributed by atoms with Gasteiger partial charge in [0.15, 0.2) is 23.5 Å². The van der Waals surface area contributed by atoms with Gasteiger partial charge in [0.25, 0.3) is 0 Å². The van der Waals surface area contributed by atoms with Gasteiger partial charge in [-0.1, -0.05) is 0 Å². The van der Waals surface area contributed by atoms with Crippen LogP contribution in [0.25, 0.3) is 0 Å². The Labute approximate surface area is 193 Å². The van der Waals surface area contributed by atoms with Crippen molar-refractivity contribution in [1.82, 2.24) is 25.2 Å². The van der Waals surface area contributed by atoms with Crippen molar-refractivity contribution in [3.8, 4) is 17.6 Å². The average Bonchev–Trinajstić information content (AvgIpc) is 3.33. The molecule has 178 valence electrons. The molecule has 0 bridgehead atoms. The van der Waals surface area contributed by atoms with E-state index in [0.29, 0.717) is 23.0 Å². The van der Waals surface area contributed by atoms with Crippen LogP contribution in [0.3, 0.4) is 0 Å². The molecule has 0 aliphatic carbocycles. The monoisotopic (exact) mass is 488 g/mol. The highest BCUT2D eigenvalue weighted by atomic mass is 19.3. The molecule has 4 rings (SSSR count). The number of hydrogen-bond acceptors (Lipinski definition) is 7. The number of tetrazole rings is 1. The topological polar surface area (TPSA) is 110 Å². The molecule has 0 spiro atoms. The number of alkyl halides is 2. The van der Waals surface area contributed by atoms with Crippen molar-refractivity contribution in [1.29, 1.82) is 5.26 Å². The number of nitriles is 1. The van der Waals surface area contributed by atoms with E-state index in [2.05, 4.69) is 20.4 Å². The zero-order valence-corrected chi connectivity index (χ0v) is 17.4. The quantitative estimate of drug-likeness (QED) is 0.394. The third kappa shape index (κ3) is 4.51. The van der Waals surface area contributed by atoms with E-state index in [1.807, 2.05) is 0 Å². The predicted octanol–water partition coefficient (Wildman–Crippen LogP) is 3.83. The van der Waals surface area contributed by atoms with E-state index in [4.69, 9.17) is 10.00 Å². The normalized spacial score (nSPS) is 13.2. The van der Waals surface area contributed by atoms with Crippen LogP contribution in [0.1, 0.15) is 16.8 Å². The van der Waals surface area contributed by atoms with Gasteiger partial charge in [0.2, 0.25) is 0 Å². The molecule has 0 saturated carbocycles. The maximum Gasteiger partial charge on any atom is 0.323 e. The second-order valence-electron chi connectivity index (χ2n) is 7.26. The molecule has 0 radical (unpaired) electrons. The lowest BCUT2D eigenvalue weighted by atomic mass is 9.84. The summed E-state index contributed by atoms with van der Waals surface area (Å²) in [7, 11) is 0. The van der Waals surface area contributed by atoms with Gasteiger partial charge in [0, 0.05) is 11.6 Å². The molecule has 1 unspecified atom stereocenters. The number of aromatic nitrogens is 5. The maximum absolute atomic E-state index is 15.7. The highest BCUT2D eigenvalue weighted by Crippen LogP contribution is 2.46. The van der Waals surface area contributed by atoms with E-state index < -0.39 is 46.8 Å². The first-order chi connectivity index (χ1) is 16.6. The van der Waals surface area contributed by atoms with Crippen molar-refractivity contribution >= 4 is 0 Å². The summed E-state index contributed by atoms with van der Waals surface area (Å²) in [6.07, 6.45) is 1.77. The van der Waals surface area contributed by atoms with Gasteiger partial charge in [-0.15, -0.1) is 10.2 Å². The fourth-order valence-corrected chi connectivity index (χ4v) is 3.26. The van der Waals surface area contributed by atoms with Gasteiger partial charge in [-0.2, -0.15) is 18.8 Å². The first-order valence-electron chi connectivity index (χ1n) is 9.74. The van der Waals surface area contributed by atoms with E-state index in [0.717, 1.165) is 30.7 Å². The summed E-state index contributed by atoms with van der Waals surface area (Å²) in [6, 6.07) is 8.72. The molecule has 1 N–H and O–H groups in total. The number of pyridine rings is 1. The van der Waals surface area contributed by atoms with Crippen molar-refractivity contribution in [2.45, 2.75) is 18.1 Å². The smallest absolute Gasteiger partial charge is 0.323 e. The van der Waals surface area contributed by atoms with Crippen LogP contribution in [0.2, 0.25) is 0 Å². The number of rotatable bonds is 7. The fourth-order valence-electron chi connectivity index (χ4n) is 3.26. The van der Waals surface area contributed by atoms with Crippen LogP contribution in [0.15, 0.2) is 61.1 Å². The van der Waals surface area contributed by atoms with Crippen LogP contribution >= 0.6 is 0 Å². The molecule has 2 aromatic carbocycles. The summed E-state index contributed by atoms with van der Waals surface area (Å²) in [5, 5.41) is 30.3. The largest absolute Gasteiger partial charge is 0.453 e. The van der Waals surface area contributed by atoms with Crippen LogP contribution in [0.5, 0.6) is 11.5 Å². The average molecular weight is 488 g/mol. The Bertz CT molecular complexity index is 1390.